The minimum absolute atomic E-state index is 0.144. The molecular formula is C17H19ClN2O3S. The SMILES string of the molecule is CC(C)OC(=O)CCNC(=O)Cc1csc(-c2ccc(Cl)cc2)n1. The minimum atomic E-state index is -0.316. The van der Waals surface area contributed by atoms with Gasteiger partial charge in [0.25, 0.3) is 0 Å². The average Bonchev–Trinajstić information content (AvgIpc) is 2.95. The fourth-order valence-electron chi connectivity index (χ4n) is 1.97. The third kappa shape index (κ3) is 5.94. The van der Waals surface area contributed by atoms with Crippen LogP contribution >= 0.6 is 22.9 Å². The van der Waals surface area contributed by atoms with E-state index < -0.39 is 0 Å². The van der Waals surface area contributed by atoms with Crippen molar-refractivity contribution in [1.82, 2.24) is 10.3 Å². The van der Waals surface area contributed by atoms with Crippen molar-refractivity contribution >= 4 is 34.8 Å². The predicted molar refractivity (Wildman–Crippen MR) is 95.1 cm³/mol. The van der Waals surface area contributed by atoms with E-state index in [9.17, 15) is 9.59 Å². The summed E-state index contributed by atoms with van der Waals surface area (Å²) in [6, 6.07) is 7.40. The lowest BCUT2D eigenvalue weighted by atomic mass is 10.2. The quantitative estimate of drug-likeness (QED) is 0.762. The number of thiazole rings is 1. The van der Waals surface area contributed by atoms with E-state index in [0.717, 1.165) is 10.6 Å². The molecule has 0 spiro atoms. The van der Waals surface area contributed by atoms with Crippen LogP contribution in [0.25, 0.3) is 10.6 Å². The molecule has 0 fully saturated rings. The van der Waals surface area contributed by atoms with Crippen LogP contribution in [0.15, 0.2) is 29.6 Å². The van der Waals surface area contributed by atoms with Crippen molar-refractivity contribution < 1.29 is 14.3 Å². The Morgan fingerprint density at radius 1 is 1.29 bits per heavy atom. The first-order chi connectivity index (χ1) is 11.4. The Bertz CT molecular complexity index is 698. The zero-order valence-electron chi connectivity index (χ0n) is 13.5. The predicted octanol–water partition coefficient (Wildman–Crippen LogP) is 3.46. The Morgan fingerprint density at radius 3 is 2.67 bits per heavy atom. The maximum atomic E-state index is 11.9. The van der Waals surface area contributed by atoms with Gasteiger partial charge in [-0.2, -0.15) is 0 Å². The Kier molecular flexibility index (Phi) is 6.75. The van der Waals surface area contributed by atoms with Gasteiger partial charge in [0.1, 0.15) is 5.01 Å². The summed E-state index contributed by atoms with van der Waals surface area (Å²) in [4.78, 5) is 27.7. The summed E-state index contributed by atoms with van der Waals surface area (Å²) in [5.41, 5.74) is 1.67. The van der Waals surface area contributed by atoms with Gasteiger partial charge in [0.05, 0.1) is 24.6 Å². The Hall–Kier alpha value is -1.92. The number of nitrogens with one attached hydrogen (secondary N) is 1. The summed E-state index contributed by atoms with van der Waals surface area (Å²) in [5.74, 6) is -0.482. The van der Waals surface area contributed by atoms with Crippen molar-refractivity contribution in [3.63, 3.8) is 0 Å². The second kappa shape index (κ2) is 8.80. The molecule has 1 N–H and O–H groups in total. The van der Waals surface area contributed by atoms with Crippen molar-refractivity contribution in [1.29, 1.82) is 0 Å². The van der Waals surface area contributed by atoms with Gasteiger partial charge in [-0.1, -0.05) is 23.7 Å². The van der Waals surface area contributed by atoms with Crippen LogP contribution in [0.3, 0.4) is 0 Å². The molecule has 2 aromatic rings. The number of benzene rings is 1. The smallest absolute Gasteiger partial charge is 0.307 e. The number of esters is 1. The second-order valence-corrected chi connectivity index (χ2v) is 6.76. The third-order valence-electron chi connectivity index (χ3n) is 3.00. The van der Waals surface area contributed by atoms with Gasteiger partial charge in [0, 0.05) is 22.5 Å². The highest BCUT2D eigenvalue weighted by molar-refractivity contribution is 7.13. The van der Waals surface area contributed by atoms with Crippen LogP contribution < -0.4 is 5.32 Å². The van der Waals surface area contributed by atoms with Crippen molar-refractivity contribution in [2.24, 2.45) is 0 Å². The average molecular weight is 367 g/mol. The van der Waals surface area contributed by atoms with Gasteiger partial charge in [0.15, 0.2) is 0 Å². The van der Waals surface area contributed by atoms with Crippen molar-refractivity contribution in [3.8, 4) is 10.6 Å². The topological polar surface area (TPSA) is 68.3 Å². The Balaban J connectivity index is 1.80. The molecule has 0 atom stereocenters. The van der Waals surface area contributed by atoms with Gasteiger partial charge in [-0.3, -0.25) is 9.59 Å². The first-order valence-corrected chi connectivity index (χ1v) is 8.86. The highest BCUT2D eigenvalue weighted by Gasteiger charge is 2.10. The van der Waals surface area contributed by atoms with E-state index in [1.54, 1.807) is 26.0 Å². The van der Waals surface area contributed by atoms with Crippen LogP contribution in [0.5, 0.6) is 0 Å². The molecule has 0 unspecified atom stereocenters. The number of nitrogens with zero attached hydrogens (tertiary/aromatic N) is 1. The lowest BCUT2D eigenvalue weighted by Crippen LogP contribution is -2.28. The summed E-state index contributed by atoms with van der Waals surface area (Å²) in [6.45, 7) is 3.84. The minimum Gasteiger partial charge on any atom is -0.463 e. The molecule has 1 aromatic carbocycles. The van der Waals surface area contributed by atoms with E-state index in [1.165, 1.54) is 11.3 Å². The normalized spacial score (nSPS) is 10.7. The van der Waals surface area contributed by atoms with Crippen LogP contribution in [-0.4, -0.2) is 29.5 Å². The number of carbonyl (C=O) groups is 2. The lowest BCUT2D eigenvalue weighted by Gasteiger charge is -2.08. The molecule has 0 saturated heterocycles. The number of amides is 1. The number of carbonyl (C=O) groups excluding carboxylic acids is 2. The Labute approximate surface area is 150 Å². The summed E-state index contributed by atoms with van der Waals surface area (Å²) in [7, 11) is 0. The lowest BCUT2D eigenvalue weighted by molar-refractivity contribution is -0.147. The molecule has 0 aliphatic heterocycles. The van der Waals surface area contributed by atoms with Gasteiger partial charge in [0.2, 0.25) is 5.91 Å². The molecule has 0 saturated carbocycles. The molecule has 0 bridgehead atoms. The number of ether oxygens (including phenoxy) is 1. The van der Waals surface area contributed by atoms with Crippen LogP contribution in [0.4, 0.5) is 0 Å². The molecule has 1 heterocycles. The van der Waals surface area contributed by atoms with E-state index in [-0.39, 0.29) is 37.4 Å². The van der Waals surface area contributed by atoms with Gasteiger partial charge in [-0.25, -0.2) is 4.98 Å². The Morgan fingerprint density at radius 2 is 2.00 bits per heavy atom. The van der Waals surface area contributed by atoms with Gasteiger partial charge in [-0.15, -0.1) is 11.3 Å². The first kappa shape index (κ1) is 18.4. The van der Waals surface area contributed by atoms with E-state index in [0.29, 0.717) is 10.7 Å². The molecule has 0 radical (unpaired) electrons. The standard InChI is InChI=1S/C17H19ClN2O3S/c1-11(2)23-16(22)7-8-19-15(21)9-14-10-24-17(20-14)12-3-5-13(18)6-4-12/h3-6,10-11H,7-9H2,1-2H3,(H,19,21). The molecule has 128 valence electrons. The van der Waals surface area contributed by atoms with E-state index in [4.69, 9.17) is 16.3 Å². The van der Waals surface area contributed by atoms with Crippen LogP contribution in [0.1, 0.15) is 26.0 Å². The molecule has 5 nitrogen and oxygen atoms in total. The van der Waals surface area contributed by atoms with E-state index in [1.807, 2.05) is 17.5 Å². The summed E-state index contributed by atoms with van der Waals surface area (Å²) < 4.78 is 5.00. The first-order valence-electron chi connectivity index (χ1n) is 7.60. The molecular weight excluding hydrogens is 348 g/mol. The van der Waals surface area contributed by atoms with E-state index >= 15 is 0 Å². The fraction of sp³-hybridized carbons (Fsp3) is 0.353. The van der Waals surface area contributed by atoms with Crippen molar-refractivity contribution in [2.45, 2.75) is 32.8 Å². The largest absolute Gasteiger partial charge is 0.463 e. The molecule has 7 heteroatoms. The molecule has 24 heavy (non-hydrogen) atoms. The van der Waals surface area contributed by atoms with Crippen LogP contribution in [0, 0.1) is 0 Å². The highest BCUT2D eigenvalue weighted by atomic mass is 35.5. The number of hydrogen-bond acceptors (Lipinski definition) is 5. The van der Waals surface area contributed by atoms with Gasteiger partial charge >= 0.3 is 5.97 Å². The van der Waals surface area contributed by atoms with Crippen molar-refractivity contribution in [3.05, 3.63) is 40.4 Å². The molecule has 1 amide bonds. The summed E-state index contributed by atoms with van der Waals surface area (Å²) >= 11 is 7.35. The number of rotatable bonds is 7. The van der Waals surface area contributed by atoms with Gasteiger partial charge < -0.3 is 10.1 Å². The van der Waals surface area contributed by atoms with E-state index in [2.05, 4.69) is 10.3 Å². The van der Waals surface area contributed by atoms with Gasteiger partial charge in [-0.05, 0) is 26.0 Å². The third-order valence-corrected chi connectivity index (χ3v) is 4.20. The maximum absolute atomic E-state index is 11.9. The van der Waals surface area contributed by atoms with Crippen molar-refractivity contribution in [2.75, 3.05) is 6.54 Å². The molecule has 0 aliphatic carbocycles. The summed E-state index contributed by atoms with van der Waals surface area (Å²) in [5, 5.41) is 6.07. The fourth-order valence-corrected chi connectivity index (χ4v) is 2.92. The number of halogens is 1. The number of aromatic nitrogens is 1. The molecule has 0 aliphatic rings. The molecule has 2 rings (SSSR count). The second-order valence-electron chi connectivity index (χ2n) is 5.47. The molecule has 1 aromatic heterocycles. The summed E-state index contributed by atoms with van der Waals surface area (Å²) in [6.07, 6.45) is 0.204. The zero-order chi connectivity index (χ0) is 17.5. The zero-order valence-corrected chi connectivity index (χ0v) is 15.1. The number of hydrogen-bond donors (Lipinski definition) is 1. The van der Waals surface area contributed by atoms with Crippen LogP contribution in [-0.2, 0) is 20.7 Å². The van der Waals surface area contributed by atoms with Crippen LogP contribution in [0.2, 0.25) is 5.02 Å². The highest BCUT2D eigenvalue weighted by Crippen LogP contribution is 2.25. The maximum Gasteiger partial charge on any atom is 0.307 e. The monoisotopic (exact) mass is 366 g/mol.